The SMILES string of the molecule is O=C(Nc1ccc(Br)cc1C(=O)O)c1cccc(NS(=O)(=O)c2ccccc2)c1. The normalized spacial score (nSPS) is 10.9. The molecule has 0 bridgehead atoms. The molecule has 7 nitrogen and oxygen atoms in total. The van der Waals surface area contributed by atoms with Crippen LogP contribution in [-0.2, 0) is 10.0 Å². The molecule has 148 valence electrons. The minimum absolute atomic E-state index is 0.0753. The van der Waals surface area contributed by atoms with Crippen LogP contribution in [0.3, 0.4) is 0 Å². The number of carboxylic acids is 1. The van der Waals surface area contributed by atoms with E-state index in [1.54, 1.807) is 24.3 Å². The molecule has 0 spiro atoms. The lowest BCUT2D eigenvalue weighted by atomic mass is 10.1. The second-order valence-corrected chi connectivity index (χ2v) is 8.55. The Bertz CT molecular complexity index is 1180. The Morgan fingerprint density at radius 3 is 2.31 bits per heavy atom. The Hall–Kier alpha value is -3.17. The molecule has 3 aromatic rings. The molecular formula is C20H15BrN2O5S. The molecule has 0 radical (unpaired) electrons. The summed E-state index contributed by atoms with van der Waals surface area (Å²) in [6, 6.07) is 18.2. The average Bonchev–Trinajstić information content (AvgIpc) is 2.69. The van der Waals surface area contributed by atoms with Gasteiger partial charge in [-0.2, -0.15) is 0 Å². The summed E-state index contributed by atoms with van der Waals surface area (Å²) in [4.78, 5) is 24.1. The highest BCUT2D eigenvalue weighted by Crippen LogP contribution is 2.23. The third kappa shape index (κ3) is 5.01. The lowest BCUT2D eigenvalue weighted by molar-refractivity contribution is 0.0698. The first kappa shape index (κ1) is 20.6. The summed E-state index contributed by atoms with van der Waals surface area (Å²) in [5.41, 5.74) is 0.419. The van der Waals surface area contributed by atoms with E-state index in [0.717, 1.165) is 0 Å². The number of carbonyl (C=O) groups is 2. The molecule has 29 heavy (non-hydrogen) atoms. The molecule has 0 aliphatic heterocycles. The van der Waals surface area contributed by atoms with E-state index in [9.17, 15) is 23.1 Å². The molecule has 0 aliphatic rings. The highest BCUT2D eigenvalue weighted by molar-refractivity contribution is 9.10. The number of nitrogens with one attached hydrogen (secondary N) is 2. The lowest BCUT2D eigenvalue weighted by Gasteiger charge is -2.11. The van der Waals surface area contributed by atoms with Gasteiger partial charge in [0, 0.05) is 15.7 Å². The van der Waals surface area contributed by atoms with Crippen LogP contribution < -0.4 is 10.0 Å². The van der Waals surface area contributed by atoms with E-state index in [4.69, 9.17) is 0 Å². The highest BCUT2D eigenvalue weighted by atomic mass is 79.9. The van der Waals surface area contributed by atoms with Crippen LogP contribution in [0.2, 0.25) is 0 Å². The molecule has 0 fully saturated rings. The van der Waals surface area contributed by atoms with Crippen LogP contribution in [0.25, 0.3) is 0 Å². The smallest absolute Gasteiger partial charge is 0.337 e. The fourth-order valence-electron chi connectivity index (χ4n) is 2.53. The van der Waals surface area contributed by atoms with Gasteiger partial charge in [-0.25, -0.2) is 13.2 Å². The summed E-state index contributed by atoms with van der Waals surface area (Å²) in [5, 5.41) is 11.8. The van der Waals surface area contributed by atoms with Crippen molar-refractivity contribution in [3.05, 3.63) is 88.4 Å². The number of carboxylic acid groups (broad SMARTS) is 1. The van der Waals surface area contributed by atoms with E-state index in [2.05, 4.69) is 26.0 Å². The fraction of sp³-hybridized carbons (Fsp3) is 0. The highest BCUT2D eigenvalue weighted by Gasteiger charge is 2.16. The van der Waals surface area contributed by atoms with Crippen LogP contribution in [-0.4, -0.2) is 25.4 Å². The first-order valence-corrected chi connectivity index (χ1v) is 10.6. The molecule has 9 heteroatoms. The number of rotatable bonds is 6. The van der Waals surface area contributed by atoms with E-state index < -0.39 is 21.9 Å². The van der Waals surface area contributed by atoms with Crippen LogP contribution in [0.15, 0.2) is 82.2 Å². The summed E-state index contributed by atoms with van der Waals surface area (Å²) in [7, 11) is -3.80. The minimum atomic E-state index is -3.80. The maximum Gasteiger partial charge on any atom is 0.337 e. The predicted molar refractivity (Wildman–Crippen MR) is 113 cm³/mol. The minimum Gasteiger partial charge on any atom is -0.478 e. The number of anilines is 2. The Kier molecular flexibility index (Phi) is 6.00. The molecule has 0 saturated carbocycles. The summed E-state index contributed by atoms with van der Waals surface area (Å²) in [6.07, 6.45) is 0. The van der Waals surface area contributed by atoms with Crippen LogP contribution in [0.4, 0.5) is 11.4 Å². The van der Waals surface area contributed by atoms with Crippen molar-refractivity contribution in [2.24, 2.45) is 0 Å². The number of hydrogen-bond acceptors (Lipinski definition) is 4. The van der Waals surface area contributed by atoms with Gasteiger partial charge in [-0.15, -0.1) is 0 Å². The number of amides is 1. The number of benzene rings is 3. The monoisotopic (exact) mass is 474 g/mol. The topological polar surface area (TPSA) is 113 Å². The van der Waals surface area contributed by atoms with E-state index in [0.29, 0.717) is 4.47 Å². The maximum atomic E-state index is 12.6. The van der Waals surface area contributed by atoms with Gasteiger partial charge in [0.05, 0.1) is 16.1 Å². The van der Waals surface area contributed by atoms with Crippen molar-refractivity contribution in [1.29, 1.82) is 0 Å². The predicted octanol–water partition coefficient (Wildman–Crippen LogP) is 4.20. The van der Waals surface area contributed by atoms with Crippen LogP contribution in [0.1, 0.15) is 20.7 Å². The molecule has 0 aliphatic carbocycles. The Balaban J connectivity index is 1.83. The van der Waals surface area contributed by atoms with Gasteiger partial charge in [-0.05, 0) is 48.5 Å². The number of aromatic carboxylic acids is 1. The average molecular weight is 475 g/mol. The number of halogens is 1. The van der Waals surface area contributed by atoms with E-state index in [-0.39, 0.29) is 27.4 Å². The maximum absolute atomic E-state index is 12.6. The third-order valence-electron chi connectivity index (χ3n) is 3.89. The zero-order valence-corrected chi connectivity index (χ0v) is 17.2. The Labute approximate surface area is 175 Å². The van der Waals surface area contributed by atoms with Gasteiger partial charge in [-0.1, -0.05) is 40.2 Å². The Morgan fingerprint density at radius 2 is 1.62 bits per heavy atom. The molecule has 0 aromatic heterocycles. The lowest BCUT2D eigenvalue weighted by Crippen LogP contribution is -2.16. The van der Waals surface area contributed by atoms with Crippen molar-refractivity contribution in [1.82, 2.24) is 0 Å². The second-order valence-electron chi connectivity index (χ2n) is 5.95. The molecule has 3 rings (SSSR count). The first-order valence-electron chi connectivity index (χ1n) is 8.28. The molecule has 0 heterocycles. The standard InChI is InChI=1S/C20H15BrN2O5S/c21-14-9-10-18(17(12-14)20(25)26)22-19(24)13-5-4-6-15(11-13)23-29(27,28)16-7-2-1-3-8-16/h1-12,23H,(H,22,24)(H,25,26). The van der Waals surface area contributed by atoms with Gasteiger partial charge in [0.15, 0.2) is 0 Å². The summed E-state index contributed by atoms with van der Waals surface area (Å²) < 4.78 is 27.9. The molecule has 1 amide bonds. The van der Waals surface area contributed by atoms with Gasteiger partial charge < -0.3 is 10.4 Å². The van der Waals surface area contributed by atoms with E-state index in [1.165, 1.54) is 48.5 Å². The van der Waals surface area contributed by atoms with Crippen LogP contribution >= 0.6 is 15.9 Å². The van der Waals surface area contributed by atoms with Crippen molar-refractivity contribution >= 4 is 49.2 Å². The van der Waals surface area contributed by atoms with Crippen molar-refractivity contribution < 1.29 is 23.1 Å². The molecule has 0 atom stereocenters. The van der Waals surface area contributed by atoms with E-state index in [1.807, 2.05) is 0 Å². The molecule has 3 aromatic carbocycles. The largest absolute Gasteiger partial charge is 0.478 e. The molecule has 0 saturated heterocycles. The van der Waals surface area contributed by atoms with Crippen molar-refractivity contribution in [2.45, 2.75) is 4.90 Å². The van der Waals surface area contributed by atoms with Gasteiger partial charge >= 0.3 is 5.97 Å². The Morgan fingerprint density at radius 1 is 0.897 bits per heavy atom. The number of sulfonamides is 1. The first-order chi connectivity index (χ1) is 13.8. The van der Waals surface area contributed by atoms with E-state index >= 15 is 0 Å². The number of hydrogen-bond donors (Lipinski definition) is 3. The van der Waals surface area contributed by atoms with Crippen molar-refractivity contribution in [3.8, 4) is 0 Å². The molecule has 0 unspecified atom stereocenters. The van der Waals surface area contributed by atoms with Gasteiger partial charge in [0.1, 0.15) is 0 Å². The van der Waals surface area contributed by atoms with Gasteiger partial charge in [-0.3, -0.25) is 9.52 Å². The quantitative estimate of drug-likeness (QED) is 0.495. The van der Waals surface area contributed by atoms with Crippen molar-refractivity contribution in [2.75, 3.05) is 10.0 Å². The second kappa shape index (κ2) is 8.46. The zero-order valence-electron chi connectivity index (χ0n) is 14.8. The van der Waals surface area contributed by atoms with Gasteiger partial charge in [0.25, 0.3) is 15.9 Å². The van der Waals surface area contributed by atoms with Gasteiger partial charge in [0.2, 0.25) is 0 Å². The van der Waals surface area contributed by atoms with Crippen molar-refractivity contribution in [3.63, 3.8) is 0 Å². The molecule has 3 N–H and O–H groups in total. The summed E-state index contributed by atoms with van der Waals surface area (Å²) in [5.74, 6) is -1.76. The van der Waals surface area contributed by atoms with Crippen LogP contribution in [0, 0.1) is 0 Å². The summed E-state index contributed by atoms with van der Waals surface area (Å²) >= 11 is 3.19. The third-order valence-corrected chi connectivity index (χ3v) is 5.78. The van der Waals surface area contributed by atoms with Crippen LogP contribution in [0.5, 0.6) is 0 Å². The fourth-order valence-corrected chi connectivity index (χ4v) is 3.97. The number of carbonyl (C=O) groups excluding carboxylic acids is 1. The zero-order chi connectivity index (χ0) is 21.0. The molecular weight excluding hydrogens is 460 g/mol. The summed E-state index contributed by atoms with van der Waals surface area (Å²) in [6.45, 7) is 0.